The second kappa shape index (κ2) is 2.17. The third-order valence-electron chi connectivity index (χ3n) is 3.73. The summed E-state index contributed by atoms with van der Waals surface area (Å²) in [6, 6.07) is 4.28. The topological polar surface area (TPSA) is 12.9 Å². The summed E-state index contributed by atoms with van der Waals surface area (Å²) in [7, 11) is 0. The third-order valence-corrected chi connectivity index (χ3v) is 3.73. The molecule has 68 valence electrons. The van der Waals surface area contributed by atoms with E-state index in [0.29, 0.717) is 0 Å². The van der Waals surface area contributed by atoms with E-state index in [0.717, 1.165) is 0 Å². The first-order valence-electron chi connectivity index (χ1n) is 5.35. The minimum Gasteiger partial charge on any atom is -0.256 e. The van der Waals surface area contributed by atoms with Crippen molar-refractivity contribution < 1.29 is 0 Å². The Kier molecular flexibility index (Phi) is 1.08. The van der Waals surface area contributed by atoms with Gasteiger partial charge in [0.25, 0.3) is 0 Å². The summed E-state index contributed by atoms with van der Waals surface area (Å²) in [5.74, 6) is 0. The number of nitrogens with zero attached hydrogens (tertiary/aromatic N) is 1. The van der Waals surface area contributed by atoms with Gasteiger partial charge in [-0.1, -0.05) is 6.07 Å². The molecule has 1 aromatic rings. The summed E-state index contributed by atoms with van der Waals surface area (Å²) in [4.78, 5) is 4.53. The van der Waals surface area contributed by atoms with E-state index in [-0.39, 0.29) is 0 Å². The van der Waals surface area contributed by atoms with E-state index in [9.17, 15) is 0 Å². The number of aromatic nitrogens is 1. The van der Waals surface area contributed by atoms with Crippen LogP contribution in [0.1, 0.15) is 30.5 Å². The van der Waals surface area contributed by atoms with Crippen LogP contribution in [0.2, 0.25) is 0 Å². The lowest BCUT2D eigenvalue weighted by Gasteiger charge is -2.41. The average molecular weight is 181 g/mol. The molecule has 0 amide bonds. The molecule has 1 heteroatoms. The van der Waals surface area contributed by atoms with Crippen molar-refractivity contribution in [1.82, 2.24) is 4.98 Å². The van der Waals surface area contributed by atoms with Gasteiger partial charge in [-0.2, -0.15) is 0 Å². The fourth-order valence-corrected chi connectivity index (χ4v) is 2.94. The van der Waals surface area contributed by atoms with Crippen LogP contribution in [0.3, 0.4) is 0 Å². The summed E-state index contributed by atoms with van der Waals surface area (Å²) in [6.45, 7) is 0. The quantitative estimate of drug-likeness (QED) is 0.599. The molecule has 3 aliphatic carbocycles. The van der Waals surface area contributed by atoms with Gasteiger partial charge in [0.1, 0.15) is 0 Å². The molecule has 14 heavy (non-hydrogen) atoms. The zero-order chi connectivity index (χ0) is 9.12. The van der Waals surface area contributed by atoms with Crippen LogP contribution in [0.25, 0.3) is 5.57 Å². The minimum absolute atomic E-state index is 1.19. The van der Waals surface area contributed by atoms with Crippen molar-refractivity contribution in [2.45, 2.75) is 25.7 Å². The molecule has 3 aliphatic rings. The van der Waals surface area contributed by atoms with E-state index in [1.807, 2.05) is 6.20 Å². The Morgan fingerprint density at radius 2 is 1.79 bits per heavy atom. The van der Waals surface area contributed by atoms with Crippen molar-refractivity contribution in [2.75, 3.05) is 0 Å². The van der Waals surface area contributed by atoms with Gasteiger partial charge in [0, 0.05) is 11.8 Å². The van der Waals surface area contributed by atoms with E-state index in [2.05, 4.69) is 17.1 Å². The number of allylic oxidation sites excluding steroid dienone is 4. The second-order valence-electron chi connectivity index (χ2n) is 4.32. The van der Waals surface area contributed by atoms with Crippen LogP contribution in [0.5, 0.6) is 0 Å². The molecule has 0 aliphatic heterocycles. The molecule has 1 heterocycles. The first kappa shape index (κ1) is 6.99. The molecular formula is C13H11N. The highest BCUT2D eigenvalue weighted by molar-refractivity contribution is 5.95. The molecule has 0 spiro atoms. The Hall–Kier alpha value is -1.37. The highest BCUT2D eigenvalue weighted by Crippen LogP contribution is 2.56. The number of hydrogen-bond donors (Lipinski definition) is 0. The van der Waals surface area contributed by atoms with Crippen molar-refractivity contribution in [3.8, 4) is 0 Å². The average Bonchev–Trinajstić information content (AvgIpc) is 2.19. The normalized spacial score (nSPS) is 22.0. The van der Waals surface area contributed by atoms with Gasteiger partial charge in [-0.15, -0.1) is 0 Å². The van der Waals surface area contributed by atoms with E-state index in [4.69, 9.17) is 0 Å². The van der Waals surface area contributed by atoms with Gasteiger partial charge in [-0.3, -0.25) is 4.98 Å². The van der Waals surface area contributed by atoms with Crippen LogP contribution in [-0.2, 0) is 6.42 Å². The molecule has 0 saturated heterocycles. The standard InChI is InChI=1S/C13H11N/c1-2-8-3-4-10-9-5-6-11(9)12(10)13(8)14-7-1/h1-2,7H,3-6H2. The first-order valence-corrected chi connectivity index (χ1v) is 5.35. The Morgan fingerprint density at radius 3 is 2.64 bits per heavy atom. The molecule has 0 bridgehead atoms. The first-order chi connectivity index (χ1) is 6.95. The number of aryl methyl sites for hydroxylation is 1. The lowest BCUT2D eigenvalue weighted by molar-refractivity contribution is 0.746. The molecular weight excluding hydrogens is 170 g/mol. The van der Waals surface area contributed by atoms with Crippen molar-refractivity contribution in [3.63, 3.8) is 0 Å². The highest BCUT2D eigenvalue weighted by Gasteiger charge is 2.38. The predicted molar refractivity (Wildman–Crippen MR) is 55.7 cm³/mol. The highest BCUT2D eigenvalue weighted by atomic mass is 14.7. The van der Waals surface area contributed by atoms with Crippen molar-refractivity contribution >= 4 is 5.57 Å². The Morgan fingerprint density at radius 1 is 0.929 bits per heavy atom. The maximum absolute atomic E-state index is 4.53. The lowest BCUT2D eigenvalue weighted by Crippen LogP contribution is -2.24. The number of hydrogen-bond acceptors (Lipinski definition) is 1. The van der Waals surface area contributed by atoms with Gasteiger partial charge >= 0.3 is 0 Å². The van der Waals surface area contributed by atoms with Crippen LogP contribution in [-0.4, -0.2) is 4.98 Å². The third kappa shape index (κ3) is 0.628. The Labute approximate surface area is 83.2 Å². The van der Waals surface area contributed by atoms with Crippen molar-refractivity contribution in [2.24, 2.45) is 0 Å². The zero-order valence-electron chi connectivity index (χ0n) is 8.01. The van der Waals surface area contributed by atoms with E-state index in [1.54, 1.807) is 16.7 Å². The van der Waals surface area contributed by atoms with Crippen LogP contribution < -0.4 is 0 Å². The number of pyridine rings is 1. The monoisotopic (exact) mass is 181 g/mol. The van der Waals surface area contributed by atoms with E-state index < -0.39 is 0 Å². The molecule has 4 rings (SSSR count). The maximum atomic E-state index is 4.53. The minimum atomic E-state index is 1.19. The number of rotatable bonds is 0. The summed E-state index contributed by atoms with van der Waals surface area (Å²) >= 11 is 0. The summed E-state index contributed by atoms with van der Waals surface area (Å²) in [5.41, 5.74) is 9.19. The largest absolute Gasteiger partial charge is 0.256 e. The van der Waals surface area contributed by atoms with Gasteiger partial charge in [0.2, 0.25) is 0 Å². The predicted octanol–water partition coefficient (Wildman–Crippen LogP) is 2.89. The molecule has 1 saturated carbocycles. The summed E-state index contributed by atoms with van der Waals surface area (Å²) in [6.07, 6.45) is 7.00. The van der Waals surface area contributed by atoms with Gasteiger partial charge < -0.3 is 0 Å². The van der Waals surface area contributed by atoms with Crippen LogP contribution in [0, 0.1) is 0 Å². The number of fused-ring (bicyclic) bond motifs is 4. The zero-order valence-corrected chi connectivity index (χ0v) is 8.01. The maximum Gasteiger partial charge on any atom is 0.0739 e. The van der Waals surface area contributed by atoms with Crippen LogP contribution >= 0.6 is 0 Å². The molecule has 1 nitrogen and oxygen atoms in total. The smallest absolute Gasteiger partial charge is 0.0739 e. The molecule has 0 radical (unpaired) electrons. The van der Waals surface area contributed by atoms with Crippen LogP contribution in [0.4, 0.5) is 0 Å². The molecule has 1 aromatic heterocycles. The van der Waals surface area contributed by atoms with E-state index in [1.165, 1.54) is 42.5 Å². The summed E-state index contributed by atoms with van der Waals surface area (Å²) in [5, 5.41) is 0. The van der Waals surface area contributed by atoms with Gasteiger partial charge in [-0.25, -0.2) is 0 Å². The van der Waals surface area contributed by atoms with Crippen molar-refractivity contribution in [3.05, 3.63) is 46.3 Å². The Balaban J connectivity index is 1.97. The Bertz CT molecular complexity index is 506. The van der Waals surface area contributed by atoms with Crippen LogP contribution in [0.15, 0.2) is 35.0 Å². The summed E-state index contributed by atoms with van der Waals surface area (Å²) < 4.78 is 0. The molecule has 0 aromatic carbocycles. The fraction of sp³-hybridized carbons (Fsp3) is 0.308. The van der Waals surface area contributed by atoms with Gasteiger partial charge in [-0.05, 0) is 54.0 Å². The second-order valence-corrected chi connectivity index (χ2v) is 4.32. The fourth-order valence-electron chi connectivity index (χ4n) is 2.94. The van der Waals surface area contributed by atoms with E-state index >= 15 is 0 Å². The van der Waals surface area contributed by atoms with Gasteiger partial charge in [0.15, 0.2) is 0 Å². The molecule has 0 N–H and O–H groups in total. The lowest BCUT2D eigenvalue weighted by atomic mass is 9.63. The SMILES string of the molecule is c1cnc2c(c1)CCC1=C3CCC3=C12. The molecule has 1 fully saturated rings. The molecule has 0 unspecified atom stereocenters. The van der Waals surface area contributed by atoms with Gasteiger partial charge in [0.05, 0.1) is 5.69 Å². The van der Waals surface area contributed by atoms with Crippen molar-refractivity contribution in [1.29, 1.82) is 0 Å². The molecule has 0 atom stereocenters.